The highest BCUT2D eigenvalue weighted by molar-refractivity contribution is 7.22. The van der Waals surface area contributed by atoms with Crippen LogP contribution in [-0.4, -0.2) is 26.6 Å². The summed E-state index contributed by atoms with van der Waals surface area (Å²) >= 11 is 7.30. The standard InChI is InChI=1S/C20H23ClN4O3S/c1-10(2)15(28-19(27)25-20(3,4)5)17-23-12-9-13(29-16(12)18(26)24-17)11-6-7-22-14(21)8-11/h6-10,15H,1-5H3,(H,25,27)(H,23,24,26)/t15-/m0/s1. The normalized spacial score (nSPS) is 12.9. The van der Waals surface area contributed by atoms with E-state index in [0.717, 1.165) is 10.4 Å². The molecule has 3 rings (SSSR count). The molecule has 0 radical (unpaired) electrons. The molecule has 0 aromatic carbocycles. The Morgan fingerprint density at radius 2 is 2.03 bits per heavy atom. The third kappa shape index (κ3) is 5.13. The Morgan fingerprint density at radius 1 is 1.31 bits per heavy atom. The smallest absolute Gasteiger partial charge is 0.408 e. The molecule has 3 heterocycles. The molecule has 3 aromatic heterocycles. The molecular weight excluding hydrogens is 412 g/mol. The highest BCUT2D eigenvalue weighted by Gasteiger charge is 2.26. The van der Waals surface area contributed by atoms with Crippen molar-refractivity contribution in [1.29, 1.82) is 0 Å². The second-order valence-electron chi connectivity index (χ2n) is 8.09. The number of aromatic amines is 1. The van der Waals surface area contributed by atoms with Crippen LogP contribution in [0.2, 0.25) is 5.15 Å². The number of carbonyl (C=O) groups is 1. The Labute approximate surface area is 177 Å². The predicted octanol–water partition coefficient (Wildman–Crippen LogP) is 4.92. The van der Waals surface area contributed by atoms with Crippen LogP contribution in [0.4, 0.5) is 4.79 Å². The number of carbonyl (C=O) groups excluding carboxylic acids is 1. The number of aromatic nitrogens is 3. The lowest BCUT2D eigenvalue weighted by molar-refractivity contribution is 0.0604. The van der Waals surface area contributed by atoms with Crippen molar-refractivity contribution in [3.63, 3.8) is 0 Å². The molecule has 0 saturated heterocycles. The zero-order valence-corrected chi connectivity index (χ0v) is 18.4. The highest BCUT2D eigenvalue weighted by atomic mass is 35.5. The van der Waals surface area contributed by atoms with E-state index in [1.165, 1.54) is 11.3 Å². The lowest BCUT2D eigenvalue weighted by Crippen LogP contribution is -2.42. The fraction of sp³-hybridized carbons (Fsp3) is 0.400. The number of hydrogen-bond acceptors (Lipinski definition) is 6. The lowest BCUT2D eigenvalue weighted by atomic mass is 10.1. The number of alkyl carbamates (subject to hydrolysis) is 1. The second kappa shape index (κ2) is 8.12. The second-order valence-corrected chi connectivity index (χ2v) is 9.53. The Bertz CT molecular complexity index is 1100. The van der Waals surface area contributed by atoms with E-state index in [-0.39, 0.29) is 11.5 Å². The number of H-pyrrole nitrogens is 1. The Hall–Kier alpha value is -2.45. The van der Waals surface area contributed by atoms with Crippen LogP contribution < -0.4 is 10.9 Å². The minimum Gasteiger partial charge on any atom is -0.438 e. The fourth-order valence-corrected chi connectivity index (χ4v) is 3.91. The van der Waals surface area contributed by atoms with Crippen LogP contribution in [0.3, 0.4) is 0 Å². The van der Waals surface area contributed by atoms with Crippen LogP contribution in [0, 0.1) is 5.92 Å². The molecule has 0 aliphatic rings. The van der Waals surface area contributed by atoms with Crippen LogP contribution in [0.5, 0.6) is 0 Å². The summed E-state index contributed by atoms with van der Waals surface area (Å²) in [7, 11) is 0. The lowest BCUT2D eigenvalue weighted by Gasteiger charge is -2.25. The molecule has 29 heavy (non-hydrogen) atoms. The molecule has 0 unspecified atom stereocenters. The SMILES string of the molecule is CC(C)[C@H](OC(=O)NC(C)(C)C)c1nc2cc(-c3ccnc(Cl)c3)sc2c(=O)[nH]1. The third-order valence-corrected chi connectivity index (χ3v) is 5.38. The van der Waals surface area contributed by atoms with E-state index < -0.39 is 17.7 Å². The maximum absolute atomic E-state index is 12.7. The summed E-state index contributed by atoms with van der Waals surface area (Å²) in [5.41, 5.74) is 0.696. The number of amides is 1. The molecule has 3 aromatic rings. The van der Waals surface area contributed by atoms with Crippen LogP contribution in [0.25, 0.3) is 20.7 Å². The summed E-state index contributed by atoms with van der Waals surface area (Å²) in [5.74, 6) is 0.233. The molecular formula is C20H23ClN4O3S. The van der Waals surface area contributed by atoms with Gasteiger partial charge >= 0.3 is 6.09 Å². The van der Waals surface area contributed by atoms with E-state index in [0.29, 0.717) is 21.2 Å². The van der Waals surface area contributed by atoms with Crippen molar-refractivity contribution >= 4 is 39.2 Å². The van der Waals surface area contributed by atoms with Crippen LogP contribution in [0.1, 0.15) is 46.5 Å². The maximum atomic E-state index is 12.7. The third-order valence-electron chi connectivity index (χ3n) is 4.00. The Morgan fingerprint density at radius 3 is 2.66 bits per heavy atom. The summed E-state index contributed by atoms with van der Waals surface area (Å²) in [6.45, 7) is 9.39. The van der Waals surface area contributed by atoms with Gasteiger partial charge in [-0.15, -0.1) is 11.3 Å². The molecule has 1 amide bonds. The van der Waals surface area contributed by atoms with E-state index >= 15 is 0 Å². The van der Waals surface area contributed by atoms with Crippen molar-refractivity contribution in [1.82, 2.24) is 20.3 Å². The van der Waals surface area contributed by atoms with Gasteiger partial charge in [-0.3, -0.25) is 4.79 Å². The van der Waals surface area contributed by atoms with Crippen LogP contribution >= 0.6 is 22.9 Å². The molecule has 154 valence electrons. The summed E-state index contributed by atoms with van der Waals surface area (Å²) in [4.78, 5) is 37.1. The summed E-state index contributed by atoms with van der Waals surface area (Å²) in [5, 5.41) is 3.14. The van der Waals surface area contributed by atoms with Crippen molar-refractivity contribution < 1.29 is 9.53 Å². The minimum atomic E-state index is -0.687. The first-order valence-corrected chi connectivity index (χ1v) is 10.4. The van der Waals surface area contributed by atoms with Gasteiger partial charge in [0.05, 0.1) is 5.52 Å². The highest BCUT2D eigenvalue weighted by Crippen LogP contribution is 2.32. The summed E-state index contributed by atoms with van der Waals surface area (Å²) in [6.07, 6.45) is 0.367. The van der Waals surface area contributed by atoms with E-state index in [9.17, 15) is 9.59 Å². The number of thiophene rings is 1. The van der Waals surface area contributed by atoms with Gasteiger partial charge in [0.2, 0.25) is 0 Å². The van der Waals surface area contributed by atoms with Gasteiger partial charge in [-0.1, -0.05) is 25.4 Å². The monoisotopic (exact) mass is 434 g/mol. The number of hydrogen-bond donors (Lipinski definition) is 2. The van der Waals surface area contributed by atoms with Crippen LogP contribution in [0.15, 0.2) is 29.2 Å². The van der Waals surface area contributed by atoms with Gasteiger partial charge in [-0.25, -0.2) is 14.8 Å². The number of fused-ring (bicyclic) bond motifs is 1. The maximum Gasteiger partial charge on any atom is 0.408 e. The van der Waals surface area contributed by atoms with Crippen molar-refractivity contribution in [2.45, 2.75) is 46.3 Å². The van der Waals surface area contributed by atoms with Crippen molar-refractivity contribution in [3.05, 3.63) is 45.7 Å². The molecule has 0 spiro atoms. The Balaban J connectivity index is 1.98. The zero-order chi connectivity index (χ0) is 21.3. The average molecular weight is 435 g/mol. The minimum absolute atomic E-state index is 0.0848. The van der Waals surface area contributed by atoms with Gasteiger partial charge in [0, 0.05) is 16.6 Å². The molecule has 0 bridgehead atoms. The van der Waals surface area contributed by atoms with Crippen molar-refractivity contribution in [2.24, 2.45) is 5.92 Å². The molecule has 2 N–H and O–H groups in total. The molecule has 0 saturated carbocycles. The van der Waals surface area contributed by atoms with Gasteiger partial charge in [-0.05, 0) is 50.5 Å². The first kappa shape index (κ1) is 21.3. The predicted molar refractivity (Wildman–Crippen MR) is 115 cm³/mol. The van der Waals surface area contributed by atoms with Gasteiger partial charge in [0.1, 0.15) is 9.85 Å². The van der Waals surface area contributed by atoms with Crippen LogP contribution in [-0.2, 0) is 4.74 Å². The topological polar surface area (TPSA) is 97.0 Å². The van der Waals surface area contributed by atoms with Crippen molar-refractivity contribution in [3.8, 4) is 10.4 Å². The first-order chi connectivity index (χ1) is 13.5. The Kier molecular flexibility index (Phi) is 5.95. The first-order valence-electron chi connectivity index (χ1n) is 9.18. The van der Waals surface area contributed by atoms with Gasteiger partial charge in [0.15, 0.2) is 11.9 Å². The zero-order valence-electron chi connectivity index (χ0n) is 16.9. The van der Waals surface area contributed by atoms with E-state index in [1.54, 1.807) is 12.3 Å². The molecule has 0 aliphatic heterocycles. The number of nitrogens with one attached hydrogen (secondary N) is 2. The number of halogens is 1. The van der Waals surface area contributed by atoms with Gasteiger partial charge in [0.25, 0.3) is 5.56 Å². The number of nitrogens with zero attached hydrogens (tertiary/aromatic N) is 2. The molecule has 1 atom stereocenters. The largest absolute Gasteiger partial charge is 0.438 e. The number of ether oxygens (including phenoxy) is 1. The fourth-order valence-electron chi connectivity index (χ4n) is 2.75. The van der Waals surface area contributed by atoms with E-state index in [4.69, 9.17) is 16.3 Å². The average Bonchev–Trinajstić information content (AvgIpc) is 3.02. The summed E-state index contributed by atoms with van der Waals surface area (Å²) < 4.78 is 6.08. The van der Waals surface area contributed by atoms with Gasteiger partial charge in [-0.2, -0.15) is 0 Å². The summed E-state index contributed by atoms with van der Waals surface area (Å²) in [6, 6.07) is 5.39. The van der Waals surface area contributed by atoms with E-state index in [2.05, 4.69) is 20.3 Å². The molecule has 9 heteroatoms. The number of rotatable bonds is 4. The number of pyridine rings is 1. The van der Waals surface area contributed by atoms with Crippen molar-refractivity contribution in [2.75, 3.05) is 0 Å². The van der Waals surface area contributed by atoms with Gasteiger partial charge < -0.3 is 15.0 Å². The quantitative estimate of drug-likeness (QED) is 0.568. The molecule has 0 aliphatic carbocycles. The molecule has 7 nitrogen and oxygen atoms in total. The van der Waals surface area contributed by atoms with E-state index in [1.807, 2.05) is 46.8 Å². The molecule has 0 fully saturated rings.